The van der Waals surface area contributed by atoms with Crippen LogP contribution in [0.3, 0.4) is 0 Å². The van der Waals surface area contributed by atoms with Crippen molar-refractivity contribution in [1.82, 2.24) is 14.4 Å². The van der Waals surface area contributed by atoms with Crippen LogP contribution >= 0.6 is 0 Å². The Morgan fingerprint density at radius 1 is 1.00 bits per heavy atom. The van der Waals surface area contributed by atoms with E-state index in [1.165, 1.54) is 17.7 Å². The van der Waals surface area contributed by atoms with Crippen LogP contribution in [-0.2, 0) is 29.1 Å². The largest absolute Gasteiger partial charge is 0.573 e. The van der Waals surface area contributed by atoms with Gasteiger partial charge in [0, 0.05) is 36.1 Å². The molecule has 7 nitrogen and oxygen atoms in total. The topological polar surface area (TPSA) is 75.0 Å². The first-order valence-corrected chi connectivity index (χ1v) is 12.8. The lowest BCUT2D eigenvalue weighted by Gasteiger charge is -2.34. The summed E-state index contributed by atoms with van der Waals surface area (Å²) in [6.45, 7) is 3.30. The van der Waals surface area contributed by atoms with Crippen LogP contribution in [0.1, 0.15) is 36.1 Å². The fourth-order valence-electron chi connectivity index (χ4n) is 5.65. The molecule has 1 aromatic heterocycles. The van der Waals surface area contributed by atoms with Crippen molar-refractivity contribution in [3.63, 3.8) is 0 Å². The third-order valence-corrected chi connectivity index (χ3v) is 7.55. The summed E-state index contributed by atoms with van der Waals surface area (Å²) in [6, 6.07) is 13.9. The lowest BCUT2D eigenvalue weighted by molar-refractivity contribution is -0.274. The highest BCUT2D eigenvalue weighted by atomic mass is 19.4. The molecule has 1 saturated heterocycles. The maximum absolute atomic E-state index is 13.2. The zero-order chi connectivity index (χ0) is 26.9. The summed E-state index contributed by atoms with van der Waals surface area (Å²) in [5, 5.41) is 10.2. The summed E-state index contributed by atoms with van der Waals surface area (Å²) >= 11 is 0. The molecular formula is C28H30F3N3O4. The Bertz CT molecular complexity index is 1310. The molecule has 2 aliphatic rings. The molecule has 5 rings (SSSR count). The Hall–Kier alpha value is -3.53. The number of hydrogen-bond acceptors (Lipinski definition) is 4. The average molecular weight is 530 g/mol. The van der Waals surface area contributed by atoms with E-state index in [1.54, 1.807) is 12.1 Å². The van der Waals surface area contributed by atoms with Crippen LogP contribution in [0.25, 0.3) is 10.9 Å². The number of ether oxygens (including phenoxy) is 1. The molecule has 38 heavy (non-hydrogen) atoms. The fourth-order valence-corrected chi connectivity index (χ4v) is 5.65. The average Bonchev–Trinajstić information content (AvgIpc) is 3.18. The molecule has 0 aliphatic carbocycles. The molecule has 0 bridgehead atoms. The molecule has 2 aromatic carbocycles. The number of rotatable bonds is 7. The molecular weight excluding hydrogens is 499 g/mol. The Morgan fingerprint density at radius 3 is 2.39 bits per heavy atom. The second-order valence-electron chi connectivity index (χ2n) is 10.1. The van der Waals surface area contributed by atoms with Crippen molar-refractivity contribution in [2.45, 2.75) is 45.1 Å². The number of carboxylic acid groups (broad SMARTS) is 1. The van der Waals surface area contributed by atoms with Gasteiger partial charge in [-0.3, -0.25) is 14.5 Å². The van der Waals surface area contributed by atoms with Crippen LogP contribution in [-0.4, -0.2) is 63.9 Å². The number of nitrogens with zero attached hydrogens (tertiary/aromatic N) is 3. The summed E-state index contributed by atoms with van der Waals surface area (Å²) < 4.78 is 43.8. The van der Waals surface area contributed by atoms with Crippen molar-refractivity contribution in [3.8, 4) is 5.75 Å². The number of fused-ring (bicyclic) bond motifs is 3. The van der Waals surface area contributed by atoms with Gasteiger partial charge in [-0.1, -0.05) is 30.3 Å². The van der Waals surface area contributed by atoms with Crippen molar-refractivity contribution >= 4 is 22.8 Å². The third-order valence-electron chi connectivity index (χ3n) is 7.55. The smallest absolute Gasteiger partial charge is 0.481 e. The van der Waals surface area contributed by atoms with Crippen LogP contribution in [0, 0.1) is 5.92 Å². The fraction of sp³-hybridized carbons (Fsp3) is 0.429. The van der Waals surface area contributed by atoms with Crippen molar-refractivity contribution in [1.29, 1.82) is 0 Å². The first-order chi connectivity index (χ1) is 18.2. The van der Waals surface area contributed by atoms with Gasteiger partial charge in [0.2, 0.25) is 5.91 Å². The standard InChI is InChI=1S/C28H30F3N3O4/c29-28(30,31)38-21-7-5-20(6-8-21)16-34-24-4-2-1-3-22(24)23-11-14-33(17-25(23)34)26(35)18-32-12-9-19(10-13-32)15-27(36)37/h1-8,19H,9-18H2,(H,36,37). The minimum absolute atomic E-state index is 0.0535. The first kappa shape index (κ1) is 26.1. The van der Waals surface area contributed by atoms with E-state index in [-0.39, 0.29) is 24.0 Å². The Labute approximate surface area is 218 Å². The number of carbonyl (C=O) groups excluding carboxylic acids is 1. The second kappa shape index (κ2) is 10.7. The van der Waals surface area contributed by atoms with Gasteiger partial charge in [-0.2, -0.15) is 0 Å². The predicted molar refractivity (Wildman–Crippen MR) is 135 cm³/mol. The van der Waals surface area contributed by atoms with Crippen LogP contribution in [0.5, 0.6) is 5.75 Å². The number of carbonyl (C=O) groups is 2. The molecule has 1 amide bonds. The predicted octanol–water partition coefficient (Wildman–Crippen LogP) is 4.66. The molecule has 3 aromatic rings. The zero-order valence-electron chi connectivity index (χ0n) is 20.9. The summed E-state index contributed by atoms with van der Waals surface area (Å²) in [5.74, 6) is -0.812. The van der Waals surface area contributed by atoms with Gasteiger partial charge in [0.05, 0.1) is 13.1 Å². The number of hydrogen-bond donors (Lipinski definition) is 1. The second-order valence-corrected chi connectivity index (χ2v) is 10.1. The van der Waals surface area contributed by atoms with E-state index in [0.29, 0.717) is 26.2 Å². The molecule has 3 heterocycles. The summed E-state index contributed by atoms with van der Waals surface area (Å²) in [7, 11) is 0. The SMILES string of the molecule is O=C(O)CC1CCN(CC(=O)N2CCc3c(n(Cc4ccc(OC(F)(F)F)cc4)c4ccccc34)C2)CC1. The van der Waals surface area contributed by atoms with Gasteiger partial charge < -0.3 is 19.3 Å². The first-order valence-electron chi connectivity index (χ1n) is 12.8. The number of carboxylic acids is 1. The van der Waals surface area contributed by atoms with Crippen molar-refractivity contribution < 1.29 is 32.6 Å². The van der Waals surface area contributed by atoms with E-state index in [4.69, 9.17) is 5.11 Å². The van der Waals surface area contributed by atoms with Gasteiger partial charge in [-0.25, -0.2) is 0 Å². The number of halogens is 3. The van der Waals surface area contributed by atoms with Gasteiger partial charge in [-0.15, -0.1) is 13.2 Å². The van der Waals surface area contributed by atoms with Gasteiger partial charge in [-0.05, 0) is 67.6 Å². The molecule has 10 heteroatoms. The number of piperidine rings is 1. The number of para-hydroxylation sites is 1. The third kappa shape index (κ3) is 5.96. The monoisotopic (exact) mass is 529 g/mol. The Kier molecular flexibility index (Phi) is 7.34. The maximum atomic E-state index is 13.2. The molecule has 1 N–H and O–H groups in total. The van der Waals surface area contributed by atoms with Crippen molar-refractivity contribution in [2.24, 2.45) is 5.92 Å². The highest BCUT2D eigenvalue weighted by Gasteiger charge is 2.31. The number of amides is 1. The Morgan fingerprint density at radius 2 is 1.71 bits per heavy atom. The van der Waals surface area contributed by atoms with Gasteiger partial charge in [0.1, 0.15) is 5.75 Å². The van der Waals surface area contributed by atoms with Crippen LogP contribution in [0.4, 0.5) is 13.2 Å². The molecule has 0 spiro atoms. The minimum Gasteiger partial charge on any atom is -0.481 e. The van der Waals surface area contributed by atoms with Gasteiger partial charge in [0.15, 0.2) is 0 Å². The molecule has 0 saturated carbocycles. The lowest BCUT2D eigenvalue weighted by Crippen LogP contribution is -2.45. The lowest BCUT2D eigenvalue weighted by atomic mass is 9.93. The van der Waals surface area contributed by atoms with E-state index >= 15 is 0 Å². The summed E-state index contributed by atoms with van der Waals surface area (Å²) in [4.78, 5) is 28.2. The molecule has 0 unspecified atom stereocenters. The summed E-state index contributed by atoms with van der Waals surface area (Å²) in [6.07, 6.45) is -2.26. The molecule has 2 aliphatic heterocycles. The van der Waals surface area contributed by atoms with Crippen LogP contribution < -0.4 is 4.74 Å². The highest BCUT2D eigenvalue weighted by Crippen LogP contribution is 2.32. The quantitative estimate of drug-likeness (QED) is 0.482. The van der Waals surface area contributed by atoms with E-state index in [2.05, 4.69) is 20.3 Å². The Balaban J connectivity index is 1.30. The highest BCUT2D eigenvalue weighted by molar-refractivity contribution is 5.87. The number of aliphatic carboxylic acids is 1. The van der Waals surface area contributed by atoms with E-state index in [9.17, 15) is 22.8 Å². The summed E-state index contributed by atoms with van der Waals surface area (Å²) in [5.41, 5.74) is 4.11. The number of alkyl halides is 3. The van der Waals surface area contributed by atoms with E-state index < -0.39 is 12.3 Å². The van der Waals surface area contributed by atoms with Crippen LogP contribution in [0.15, 0.2) is 48.5 Å². The molecule has 202 valence electrons. The number of benzene rings is 2. The number of likely N-dealkylation sites (tertiary alicyclic amines) is 1. The zero-order valence-corrected chi connectivity index (χ0v) is 20.9. The van der Waals surface area contributed by atoms with Crippen molar-refractivity contribution in [2.75, 3.05) is 26.2 Å². The molecule has 0 radical (unpaired) electrons. The normalized spacial score (nSPS) is 17.0. The van der Waals surface area contributed by atoms with E-state index in [0.717, 1.165) is 54.5 Å². The van der Waals surface area contributed by atoms with E-state index in [1.807, 2.05) is 23.1 Å². The van der Waals surface area contributed by atoms with Crippen molar-refractivity contribution in [3.05, 3.63) is 65.4 Å². The molecule has 0 atom stereocenters. The van der Waals surface area contributed by atoms with Crippen LogP contribution in [0.2, 0.25) is 0 Å². The molecule has 1 fully saturated rings. The van der Waals surface area contributed by atoms with Gasteiger partial charge >= 0.3 is 12.3 Å². The maximum Gasteiger partial charge on any atom is 0.573 e. The van der Waals surface area contributed by atoms with Gasteiger partial charge in [0.25, 0.3) is 0 Å². The number of aromatic nitrogens is 1. The minimum atomic E-state index is -4.73.